The number of ether oxygens (including phenoxy) is 2. The van der Waals surface area contributed by atoms with Crippen LogP contribution in [-0.2, 0) is 6.54 Å². The first-order valence-corrected chi connectivity index (χ1v) is 13.0. The summed E-state index contributed by atoms with van der Waals surface area (Å²) < 4.78 is 13.5. The predicted octanol–water partition coefficient (Wildman–Crippen LogP) is 4.10. The van der Waals surface area contributed by atoms with Gasteiger partial charge in [0.1, 0.15) is 22.6 Å². The number of fused-ring (bicyclic) bond motifs is 1. The molecule has 6 rings (SSSR count). The third kappa shape index (κ3) is 5.54. The van der Waals surface area contributed by atoms with Crippen molar-refractivity contribution in [1.82, 2.24) is 30.0 Å². The lowest BCUT2D eigenvalue weighted by Crippen LogP contribution is -2.22. The van der Waals surface area contributed by atoms with Gasteiger partial charge in [-0.15, -0.1) is 0 Å². The fourth-order valence-electron chi connectivity index (χ4n) is 4.58. The number of benzene rings is 2. The van der Waals surface area contributed by atoms with Crippen LogP contribution in [0.2, 0.25) is 0 Å². The number of pyridine rings is 1. The zero-order valence-corrected chi connectivity index (χ0v) is 21.9. The van der Waals surface area contributed by atoms with Crippen molar-refractivity contribution in [3.8, 4) is 17.2 Å². The van der Waals surface area contributed by atoms with E-state index in [0.717, 1.165) is 42.0 Å². The number of amides is 1. The second-order valence-corrected chi connectivity index (χ2v) is 9.35. The second-order valence-electron chi connectivity index (χ2n) is 9.35. The quantitative estimate of drug-likeness (QED) is 0.255. The normalized spacial score (nSPS) is 14.7. The number of carbonyl (C=O) groups is 1. The maximum Gasteiger partial charge on any atom is 0.258 e. The molecule has 11 nitrogen and oxygen atoms in total. The molecule has 0 aliphatic carbocycles. The van der Waals surface area contributed by atoms with Crippen molar-refractivity contribution in [2.45, 2.75) is 19.0 Å². The van der Waals surface area contributed by atoms with Gasteiger partial charge in [0.25, 0.3) is 5.91 Å². The van der Waals surface area contributed by atoms with Crippen molar-refractivity contribution in [2.75, 3.05) is 30.8 Å². The zero-order valence-electron chi connectivity index (χ0n) is 21.9. The van der Waals surface area contributed by atoms with E-state index in [1.165, 1.54) is 0 Å². The maximum absolute atomic E-state index is 12.6. The van der Waals surface area contributed by atoms with Gasteiger partial charge in [-0.05, 0) is 61.0 Å². The lowest BCUT2D eigenvalue weighted by Gasteiger charge is -2.12. The van der Waals surface area contributed by atoms with Gasteiger partial charge in [0.05, 0.1) is 13.7 Å². The summed E-state index contributed by atoms with van der Waals surface area (Å²) in [6.45, 7) is 2.36. The van der Waals surface area contributed by atoms with Crippen LogP contribution < -0.4 is 25.4 Å². The first kappa shape index (κ1) is 25.3. The summed E-state index contributed by atoms with van der Waals surface area (Å²) >= 11 is 0. The molecule has 2 aromatic carbocycles. The summed E-state index contributed by atoms with van der Waals surface area (Å²) in [6.07, 6.45) is 5.86. The van der Waals surface area contributed by atoms with Crippen molar-refractivity contribution in [2.24, 2.45) is 0 Å². The second kappa shape index (κ2) is 11.4. The molecule has 1 fully saturated rings. The highest BCUT2D eigenvalue weighted by atomic mass is 16.5. The highest BCUT2D eigenvalue weighted by Crippen LogP contribution is 2.35. The lowest BCUT2D eigenvalue weighted by atomic mass is 10.2. The number of carbonyl (C=O) groups excluding carboxylic acids is 1. The first-order valence-electron chi connectivity index (χ1n) is 13.0. The van der Waals surface area contributed by atoms with Crippen LogP contribution in [0.3, 0.4) is 0 Å². The fraction of sp³-hybridized carbons (Fsp3) is 0.207. The first-order chi connectivity index (χ1) is 19.7. The van der Waals surface area contributed by atoms with E-state index in [2.05, 4.69) is 30.9 Å². The van der Waals surface area contributed by atoms with Gasteiger partial charge in [-0.1, -0.05) is 12.1 Å². The summed E-state index contributed by atoms with van der Waals surface area (Å²) in [5.41, 5.74) is 2.24. The average Bonchev–Trinajstić information content (AvgIpc) is 3.63. The average molecular weight is 537 g/mol. The standard InChI is InChI=1S/C29H28N8O3/c1-39-22-7-3-19(4-8-22)18-37-27-25(26(36-37)34-21-11-15-30-17-21)24(12-16-31-27)40-23-9-5-20(6-10-23)28(38)35-29-32-13-2-14-33-29/h2-10,12-14,16,21,30H,11,15,17-18H2,1H3,(H,34,36)(H,32,33,35,38). The molecule has 1 aliphatic rings. The molecule has 202 valence electrons. The minimum Gasteiger partial charge on any atom is -0.497 e. The Morgan fingerprint density at radius 2 is 1.77 bits per heavy atom. The lowest BCUT2D eigenvalue weighted by molar-refractivity contribution is 0.102. The molecule has 1 amide bonds. The highest BCUT2D eigenvalue weighted by molar-refractivity contribution is 6.03. The Hall–Kier alpha value is -5.03. The van der Waals surface area contributed by atoms with Crippen molar-refractivity contribution in [1.29, 1.82) is 0 Å². The SMILES string of the molecule is COc1ccc(Cn2nc(NC3CCNC3)c3c(Oc4ccc(C(=O)Nc5ncccn5)cc4)ccnc32)cc1. The summed E-state index contributed by atoms with van der Waals surface area (Å²) in [5.74, 6) is 2.66. The minimum absolute atomic E-state index is 0.246. The van der Waals surface area contributed by atoms with Gasteiger partial charge in [0.2, 0.25) is 5.95 Å². The number of nitrogens with zero attached hydrogens (tertiary/aromatic N) is 5. The molecule has 0 spiro atoms. The largest absolute Gasteiger partial charge is 0.497 e. The van der Waals surface area contributed by atoms with Gasteiger partial charge < -0.3 is 20.1 Å². The Morgan fingerprint density at radius 3 is 2.50 bits per heavy atom. The van der Waals surface area contributed by atoms with E-state index < -0.39 is 0 Å². The van der Waals surface area contributed by atoms with E-state index in [-0.39, 0.29) is 17.9 Å². The fourth-order valence-corrected chi connectivity index (χ4v) is 4.58. The molecule has 0 bridgehead atoms. The molecule has 1 unspecified atom stereocenters. The van der Waals surface area contributed by atoms with Crippen molar-refractivity contribution < 1.29 is 14.3 Å². The van der Waals surface area contributed by atoms with Crippen LogP contribution >= 0.6 is 0 Å². The monoisotopic (exact) mass is 536 g/mol. The van der Waals surface area contributed by atoms with Gasteiger partial charge in [-0.3, -0.25) is 10.1 Å². The van der Waals surface area contributed by atoms with E-state index in [1.807, 2.05) is 35.0 Å². The highest BCUT2D eigenvalue weighted by Gasteiger charge is 2.22. The molecule has 3 N–H and O–H groups in total. The smallest absolute Gasteiger partial charge is 0.258 e. The summed E-state index contributed by atoms with van der Waals surface area (Å²) in [6, 6.07) is 18.6. The molecule has 4 heterocycles. The number of nitrogens with one attached hydrogen (secondary N) is 3. The number of methoxy groups -OCH3 is 1. The van der Waals surface area contributed by atoms with Gasteiger partial charge in [0.15, 0.2) is 11.5 Å². The molecule has 0 saturated carbocycles. The van der Waals surface area contributed by atoms with Crippen LogP contribution in [0.25, 0.3) is 11.0 Å². The van der Waals surface area contributed by atoms with Gasteiger partial charge in [-0.25, -0.2) is 19.6 Å². The molecule has 1 aliphatic heterocycles. The number of hydrogen-bond acceptors (Lipinski definition) is 9. The number of hydrogen-bond donors (Lipinski definition) is 3. The molecule has 11 heteroatoms. The van der Waals surface area contributed by atoms with Gasteiger partial charge >= 0.3 is 0 Å². The van der Waals surface area contributed by atoms with E-state index in [4.69, 9.17) is 14.6 Å². The third-order valence-corrected chi connectivity index (χ3v) is 6.62. The van der Waals surface area contributed by atoms with Crippen molar-refractivity contribution >= 4 is 28.7 Å². The van der Waals surface area contributed by atoms with Crippen LogP contribution in [0.15, 0.2) is 79.3 Å². The van der Waals surface area contributed by atoms with Crippen molar-refractivity contribution in [3.05, 3.63) is 90.4 Å². The summed E-state index contributed by atoms with van der Waals surface area (Å²) in [5, 5.41) is 15.4. The van der Waals surface area contributed by atoms with E-state index in [9.17, 15) is 4.79 Å². The summed E-state index contributed by atoms with van der Waals surface area (Å²) in [7, 11) is 1.65. The molecule has 3 aromatic heterocycles. The topological polar surface area (TPSA) is 128 Å². The molecule has 1 saturated heterocycles. The van der Waals surface area contributed by atoms with E-state index >= 15 is 0 Å². The van der Waals surface area contributed by atoms with Gasteiger partial charge in [-0.2, -0.15) is 5.10 Å². The van der Waals surface area contributed by atoms with Crippen molar-refractivity contribution in [3.63, 3.8) is 0 Å². The Balaban J connectivity index is 1.27. The van der Waals surface area contributed by atoms with Crippen LogP contribution in [0.4, 0.5) is 11.8 Å². The minimum atomic E-state index is -0.305. The Morgan fingerprint density at radius 1 is 1.00 bits per heavy atom. The Labute approximate surface area is 230 Å². The molecule has 1 atom stereocenters. The van der Waals surface area contributed by atoms with Crippen LogP contribution in [0.1, 0.15) is 22.3 Å². The summed E-state index contributed by atoms with van der Waals surface area (Å²) in [4.78, 5) is 25.3. The Kier molecular flexibility index (Phi) is 7.18. The molecule has 5 aromatic rings. The predicted molar refractivity (Wildman–Crippen MR) is 151 cm³/mol. The Bertz CT molecular complexity index is 1600. The zero-order chi connectivity index (χ0) is 27.3. The number of aromatic nitrogens is 5. The number of anilines is 2. The maximum atomic E-state index is 12.6. The number of rotatable bonds is 9. The third-order valence-electron chi connectivity index (χ3n) is 6.62. The van der Waals surface area contributed by atoms with E-state index in [1.54, 1.807) is 56.0 Å². The molecular weight excluding hydrogens is 508 g/mol. The van der Waals surface area contributed by atoms with Crippen LogP contribution in [0.5, 0.6) is 17.2 Å². The van der Waals surface area contributed by atoms with Crippen LogP contribution in [-0.4, -0.2) is 56.9 Å². The van der Waals surface area contributed by atoms with Gasteiger partial charge in [0, 0.05) is 42.8 Å². The molecule has 40 heavy (non-hydrogen) atoms. The van der Waals surface area contributed by atoms with E-state index in [0.29, 0.717) is 29.3 Å². The van der Waals surface area contributed by atoms with Crippen LogP contribution in [0, 0.1) is 0 Å². The molecular formula is C29H28N8O3. The molecule has 0 radical (unpaired) electrons.